The Labute approximate surface area is 153 Å². The van der Waals surface area contributed by atoms with Crippen LogP contribution < -0.4 is 5.32 Å². The first-order chi connectivity index (χ1) is 12.3. The molecule has 3 rings (SSSR count). The second kappa shape index (κ2) is 6.89. The van der Waals surface area contributed by atoms with Crippen LogP contribution in [-0.4, -0.2) is 22.7 Å². The molecular weight excluding hydrogens is 369 g/mol. The minimum absolute atomic E-state index is 0.105. The topological polar surface area (TPSA) is 62.2 Å². The van der Waals surface area contributed by atoms with E-state index in [1.807, 2.05) is 0 Å². The number of nitrogens with zero attached hydrogens (tertiary/aromatic N) is 1. The van der Waals surface area contributed by atoms with Crippen molar-refractivity contribution in [3.63, 3.8) is 0 Å². The van der Waals surface area contributed by atoms with Gasteiger partial charge >= 0.3 is 0 Å². The fourth-order valence-electron chi connectivity index (χ4n) is 3.07. The Morgan fingerprint density at radius 1 is 1.35 bits per heavy atom. The zero-order valence-electron chi connectivity index (χ0n) is 13.6. The molecular formula is C18H16ClF3N2O2. The van der Waals surface area contributed by atoms with Gasteiger partial charge in [0.05, 0.1) is 5.69 Å². The summed E-state index contributed by atoms with van der Waals surface area (Å²) in [6, 6.07) is 6.39. The lowest BCUT2D eigenvalue weighted by Gasteiger charge is -2.38. The van der Waals surface area contributed by atoms with Crippen molar-refractivity contribution >= 4 is 17.5 Å². The van der Waals surface area contributed by atoms with Crippen molar-refractivity contribution < 1.29 is 23.1 Å². The monoisotopic (exact) mass is 384 g/mol. The summed E-state index contributed by atoms with van der Waals surface area (Å²) in [6.07, 6.45) is 0.630. The molecule has 0 spiro atoms. The molecule has 8 heteroatoms. The highest BCUT2D eigenvalue weighted by atomic mass is 35.5. The Balaban J connectivity index is 1.85. The van der Waals surface area contributed by atoms with Gasteiger partial charge in [-0.05, 0) is 36.6 Å². The number of carbonyl (C=O) groups is 1. The molecule has 0 saturated carbocycles. The van der Waals surface area contributed by atoms with Gasteiger partial charge in [0, 0.05) is 23.3 Å². The molecule has 0 fully saturated rings. The first-order valence-corrected chi connectivity index (χ1v) is 8.33. The van der Waals surface area contributed by atoms with Crippen LogP contribution in [-0.2, 0) is 22.6 Å². The van der Waals surface area contributed by atoms with Crippen LogP contribution in [0.4, 0.5) is 13.2 Å². The molecule has 1 aliphatic carbocycles. The Morgan fingerprint density at radius 2 is 2.12 bits per heavy atom. The average molecular weight is 385 g/mol. The molecule has 1 amide bonds. The molecule has 0 bridgehead atoms. The second-order valence-electron chi connectivity index (χ2n) is 6.28. The van der Waals surface area contributed by atoms with Crippen LogP contribution >= 0.6 is 11.6 Å². The minimum Gasteiger partial charge on any atom is -0.381 e. The highest BCUT2D eigenvalue weighted by Crippen LogP contribution is 2.45. The van der Waals surface area contributed by atoms with Gasteiger partial charge in [0.2, 0.25) is 5.67 Å². The lowest BCUT2D eigenvalue weighted by Crippen LogP contribution is -2.48. The van der Waals surface area contributed by atoms with Crippen molar-refractivity contribution in [3.05, 3.63) is 64.2 Å². The Bertz CT molecular complexity index is 851. The van der Waals surface area contributed by atoms with E-state index in [0.29, 0.717) is 5.56 Å². The minimum atomic E-state index is -2.46. The maximum absolute atomic E-state index is 15.5. The highest BCUT2D eigenvalue weighted by molar-refractivity contribution is 6.31. The predicted octanol–water partition coefficient (Wildman–Crippen LogP) is 3.31. The summed E-state index contributed by atoms with van der Waals surface area (Å²) >= 11 is 5.90. The van der Waals surface area contributed by atoms with Gasteiger partial charge in [-0.1, -0.05) is 23.7 Å². The molecule has 4 nitrogen and oxygen atoms in total. The van der Waals surface area contributed by atoms with Gasteiger partial charge in [-0.2, -0.15) is 0 Å². The Morgan fingerprint density at radius 3 is 2.81 bits per heavy atom. The van der Waals surface area contributed by atoms with E-state index in [0.717, 1.165) is 6.07 Å². The number of hydrogen-bond donors (Lipinski definition) is 2. The summed E-state index contributed by atoms with van der Waals surface area (Å²) in [4.78, 5) is 16.4. The molecule has 1 aliphatic rings. The van der Waals surface area contributed by atoms with E-state index in [4.69, 9.17) is 11.6 Å². The molecule has 2 N–H and O–H groups in total. The normalized spacial score (nSPS) is 24.8. The van der Waals surface area contributed by atoms with Crippen LogP contribution in [0.3, 0.4) is 0 Å². The molecule has 0 radical (unpaired) electrons. The lowest BCUT2D eigenvalue weighted by molar-refractivity contribution is -0.137. The van der Waals surface area contributed by atoms with Crippen molar-refractivity contribution in [1.29, 1.82) is 0 Å². The number of pyridine rings is 1. The lowest BCUT2D eigenvalue weighted by atomic mass is 9.75. The number of aliphatic hydroxyl groups is 1. The smallest absolute Gasteiger partial charge is 0.262 e. The number of hydrogen-bond acceptors (Lipinski definition) is 3. The van der Waals surface area contributed by atoms with Gasteiger partial charge in [0.1, 0.15) is 18.1 Å². The number of halogens is 4. The van der Waals surface area contributed by atoms with Crippen molar-refractivity contribution in [2.45, 2.75) is 30.7 Å². The largest absolute Gasteiger partial charge is 0.381 e. The van der Waals surface area contributed by atoms with Crippen molar-refractivity contribution in [2.24, 2.45) is 0 Å². The van der Waals surface area contributed by atoms with Gasteiger partial charge in [-0.15, -0.1) is 0 Å². The van der Waals surface area contributed by atoms with E-state index in [9.17, 15) is 18.7 Å². The van der Waals surface area contributed by atoms with E-state index in [1.54, 1.807) is 0 Å². The first-order valence-electron chi connectivity index (χ1n) is 7.95. The van der Waals surface area contributed by atoms with E-state index in [-0.39, 0.29) is 29.2 Å². The van der Waals surface area contributed by atoms with E-state index in [2.05, 4.69) is 10.3 Å². The maximum atomic E-state index is 15.5. The van der Waals surface area contributed by atoms with E-state index in [1.165, 1.54) is 30.5 Å². The molecule has 0 aliphatic heterocycles. The van der Waals surface area contributed by atoms with E-state index >= 15 is 4.39 Å². The molecule has 2 aromatic rings. The summed E-state index contributed by atoms with van der Waals surface area (Å²) < 4.78 is 41.9. The molecule has 2 atom stereocenters. The summed E-state index contributed by atoms with van der Waals surface area (Å²) in [6.45, 7) is -1.23. The van der Waals surface area contributed by atoms with Crippen LogP contribution in [0.5, 0.6) is 0 Å². The molecule has 26 heavy (non-hydrogen) atoms. The molecule has 0 saturated heterocycles. The van der Waals surface area contributed by atoms with Crippen LogP contribution in [0.1, 0.15) is 29.7 Å². The Hall–Kier alpha value is -2.12. The number of fused-ring (bicyclic) bond motifs is 1. The fourth-order valence-corrected chi connectivity index (χ4v) is 3.31. The molecule has 1 aromatic carbocycles. The third-order valence-corrected chi connectivity index (χ3v) is 4.95. The number of alkyl halides is 2. The zero-order valence-corrected chi connectivity index (χ0v) is 14.4. The SMILES string of the molecule is O=C(NCc1ccc(F)cc1Cl)[C@]1(F)CC[C@@](O)(CF)c2ncccc21. The average Bonchev–Trinajstić information content (AvgIpc) is 2.64. The number of aromatic nitrogens is 1. The van der Waals surface area contributed by atoms with Crippen LogP contribution in [0.15, 0.2) is 36.5 Å². The van der Waals surface area contributed by atoms with Crippen LogP contribution in [0.2, 0.25) is 5.02 Å². The number of nitrogens with one attached hydrogen (secondary N) is 1. The van der Waals surface area contributed by atoms with Crippen molar-refractivity contribution in [2.75, 3.05) is 6.67 Å². The fraction of sp³-hybridized carbons (Fsp3) is 0.333. The van der Waals surface area contributed by atoms with E-state index < -0.39 is 36.1 Å². The molecule has 1 aromatic heterocycles. The third kappa shape index (κ3) is 3.17. The van der Waals surface area contributed by atoms with Gasteiger partial charge in [0.15, 0.2) is 0 Å². The van der Waals surface area contributed by atoms with Gasteiger partial charge in [0.25, 0.3) is 5.91 Å². The zero-order chi connectivity index (χ0) is 18.9. The maximum Gasteiger partial charge on any atom is 0.262 e. The third-order valence-electron chi connectivity index (χ3n) is 4.59. The Kier molecular flexibility index (Phi) is 4.94. The molecule has 1 heterocycles. The number of amides is 1. The number of benzene rings is 1. The molecule has 138 valence electrons. The van der Waals surface area contributed by atoms with Crippen molar-refractivity contribution in [3.8, 4) is 0 Å². The standard InChI is InChI=1S/C18H16ClF3N2O2/c19-14-8-12(21)4-3-11(14)9-24-16(25)18(22)6-5-17(26,10-20)15-13(18)2-1-7-23-15/h1-4,7-8,26H,5-6,9-10H2,(H,24,25)/t17-,18+/m1/s1. The molecule has 0 unspecified atom stereocenters. The number of rotatable bonds is 4. The van der Waals surface area contributed by atoms with Gasteiger partial charge in [-0.3, -0.25) is 9.78 Å². The van der Waals surface area contributed by atoms with Crippen molar-refractivity contribution in [1.82, 2.24) is 10.3 Å². The quantitative estimate of drug-likeness (QED) is 0.850. The van der Waals surface area contributed by atoms with Crippen LogP contribution in [0.25, 0.3) is 0 Å². The highest BCUT2D eigenvalue weighted by Gasteiger charge is 2.52. The number of carbonyl (C=O) groups excluding carboxylic acids is 1. The van der Waals surface area contributed by atoms with Crippen LogP contribution in [0, 0.1) is 5.82 Å². The summed E-state index contributed by atoms with van der Waals surface area (Å²) in [7, 11) is 0. The van der Waals surface area contributed by atoms with Gasteiger partial charge < -0.3 is 10.4 Å². The second-order valence-corrected chi connectivity index (χ2v) is 6.69. The summed E-state index contributed by atoms with van der Waals surface area (Å²) in [5, 5.41) is 12.9. The van der Waals surface area contributed by atoms with Gasteiger partial charge in [-0.25, -0.2) is 13.2 Å². The summed E-state index contributed by atoms with van der Waals surface area (Å²) in [5.74, 6) is -1.47. The predicted molar refractivity (Wildman–Crippen MR) is 89.4 cm³/mol. The first kappa shape index (κ1) is 18.7. The summed E-state index contributed by atoms with van der Waals surface area (Å²) in [5.41, 5.74) is -4.28.